The standard InChI is InChI=1S/C31H28ClN3O2S/c1-36-24-14-8-20(9-15-24)27-19-35-29(30(38)33-23-12-16-25(37-2)17-13-23)28(21-6-10-22(32)11-7-21)26-5-3-4-18-34(27)31(26)35/h6-17,19H,3-5,18H2,1-2H3,(H,33,38). The monoisotopic (exact) mass is 541 g/mol. The van der Waals surface area contributed by atoms with Crippen molar-refractivity contribution in [3.63, 3.8) is 0 Å². The normalized spacial score (nSPS) is 12.8. The van der Waals surface area contributed by atoms with Crippen LogP contribution in [0.4, 0.5) is 5.69 Å². The van der Waals surface area contributed by atoms with Gasteiger partial charge in [0.2, 0.25) is 0 Å². The number of nitrogens with one attached hydrogen (secondary N) is 1. The molecule has 192 valence electrons. The minimum atomic E-state index is 0.667. The van der Waals surface area contributed by atoms with Crippen molar-refractivity contribution in [2.75, 3.05) is 19.5 Å². The van der Waals surface area contributed by atoms with Crippen molar-refractivity contribution in [2.45, 2.75) is 25.8 Å². The van der Waals surface area contributed by atoms with Crippen molar-refractivity contribution < 1.29 is 9.47 Å². The largest absolute Gasteiger partial charge is 0.497 e. The van der Waals surface area contributed by atoms with Crippen LogP contribution in [0, 0.1) is 0 Å². The van der Waals surface area contributed by atoms with Gasteiger partial charge in [-0.05, 0) is 91.1 Å². The molecule has 0 bridgehead atoms. The van der Waals surface area contributed by atoms with Crippen LogP contribution in [-0.4, -0.2) is 28.2 Å². The Morgan fingerprint density at radius 2 is 1.47 bits per heavy atom. The summed E-state index contributed by atoms with van der Waals surface area (Å²) in [5.41, 5.74) is 9.01. The first kappa shape index (κ1) is 24.6. The highest BCUT2D eigenvalue weighted by atomic mass is 35.5. The van der Waals surface area contributed by atoms with Gasteiger partial charge >= 0.3 is 0 Å². The molecule has 6 rings (SSSR count). The van der Waals surface area contributed by atoms with Crippen molar-refractivity contribution in [3.8, 4) is 33.9 Å². The molecule has 0 radical (unpaired) electrons. The van der Waals surface area contributed by atoms with E-state index in [9.17, 15) is 0 Å². The Morgan fingerprint density at radius 1 is 0.842 bits per heavy atom. The number of ether oxygens (including phenoxy) is 2. The zero-order valence-electron chi connectivity index (χ0n) is 21.3. The van der Waals surface area contributed by atoms with E-state index < -0.39 is 0 Å². The van der Waals surface area contributed by atoms with Gasteiger partial charge in [0.25, 0.3) is 0 Å². The van der Waals surface area contributed by atoms with Gasteiger partial charge in [0.05, 0.1) is 25.6 Å². The molecular weight excluding hydrogens is 514 g/mol. The maximum Gasteiger partial charge on any atom is 0.128 e. The molecule has 1 aliphatic heterocycles. The van der Waals surface area contributed by atoms with E-state index in [-0.39, 0.29) is 0 Å². The lowest BCUT2D eigenvalue weighted by atomic mass is 9.98. The summed E-state index contributed by atoms with van der Waals surface area (Å²) >= 11 is 12.4. The van der Waals surface area contributed by atoms with Crippen LogP contribution < -0.4 is 14.8 Å². The fourth-order valence-electron chi connectivity index (χ4n) is 5.39. The number of imidazole rings is 1. The Bertz CT molecular complexity index is 1620. The van der Waals surface area contributed by atoms with E-state index in [0.29, 0.717) is 4.99 Å². The van der Waals surface area contributed by atoms with E-state index >= 15 is 0 Å². The number of aromatic nitrogens is 2. The second-order valence-corrected chi connectivity index (χ2v) is 10.3. The van der Waals surface area contributed by atoms with Crippen molar-refractivity contribution in [2.24, 2.45) is 0 Å². The third-order valence-electron chi connectivity index (χ3n) is 7.22. The molecule has 0 saturated heterocycles. The van der Waals surface area contributed by atoms with E-state index in [0.717, 1.165) is 64.8 Å². The molecule has 0 fully saturated rings. The maximum absolute atomic E-state index is 6.27. The minimum absolute atomic E-state index is 0.667. The number of anilines is 1. The number of nitrogens with zero attached hydrogens (tertiary/aromatic N) is 2. The van der Waals surface area contributed by atoms with Crippen molar-refractivity contribution in [3.05, 3.63) is 95.3 Å². The number of methoxy groups -OCH3 is 2. The number of halogens is 1. The molecule has 2 aromatic heterocycles. The molecule has 3 aromatic carbocycles. The minimum Gasteiger partial charge on any atom is -0.497 e. The topological polar surface area (TPSA) is 39.8 Å². The first-order valence-electron chi connectivity index (χ1n) is 12.7. The summed E-state index contributed by atoms with van der Waals surface area (Å²) < 4.78 is 15.5. The quantitative estimate of drug-likeness (QED) is 0.222. The molecule has 7 heteroatoms. The summed E-state index contributed by atoms with van der Waals surface area (Å²) in [4.78, 5) is 0.667. The summed E-state index contributed by atoms with van der Waals surface area (Å²) in [5, 5.41) is 4.20. The van der Waals surface area contributed by atoms with Crippen LogP contribution in [0.15, 0.2) is 79.0 Å². The maximum atomic E-state index is 6.27. The zero-order chi connectivity index (χ0) is 26.2. The number of thiocarbonyl (C=S) groups is 1. The average Bonchev–Trinajstić information content (AvgIpc) is 3.37. The van der Waals surface area contributed by atoms with Gasteiger partial charge < -0.3 is 19.4 Å². The third-order valence-corrected chi connectivity index (χ3v) is 7.76. The predicted octanol–water partition coefficient (Wildman–Crippen LogP) is 7.87. The van der Waals surface area contributed by atoms with Crippen LogP contribution >= 0.6 is 23.8 Å². The Kier molecular flexibility index (Phi) is 6.60. The second kappa shape index (κ2) is 10.2. The summed E-state index contributed by atoms with van der Waals surface area (Å²) in [6.07, 6.45) is 5.44. The Balaban J connectivity index is 1.56. The van der Waals surface area contributed by atoms with Gasteiger partial charge in [-0.25, -0.2) is 0 Å². The van der Waals surface area contributed by atoms with Crippen molar-refractivity contribution >= 4 is 40.1 Å². The third kappa shape index (κ3) is 4.34. The molecule has 3 heterocycles. The van der Waals surface area contributed by atoms with Crippen LogP contribution in [0.1, 0.15) is 24.1 Å². The fourth-order valence-corrected chi connectivity index (χ4v) is 5.84. The number of hydrogen-bond acceptors (Lipinski definition) is 3. The molecular formula is C31H28ClN3O2S. The lowest BCUT2D eigenvalue weighted by Crippen LogP contribution is -2.14. The van der Waals surface area contributed by atoms with Crippen LogP contribution in [0.2, 0.25) is 5.02 Å². The molecule has 0 saturated carbocycles. The Labute approximate surface area is 232 Å². The molecule has 1 aliphatic rings. The molecule has 0 atom stereocenters. The molecule has 38 heavy (non-hydrogen) atoms. The molecule has 0 unspecified atom stereocenters. The molecule has 0 spiro atoms. The Morgan fingerprint density at radius 3 is 2.13 bits per heavy atom. The lowest BCUT2D eigenvalue weighted by Gasteiger charge is -2.13. The van der Waals surface area contributed by atoms with Gasteiger partial charge in [-0.1, -0.05) is 36.0 Å². The summed E-state index contributed by atoms with van der Waals surface area (Å²) in [5.74, 6) is 1.65. The van der Waals surface area contributed by atoms with Crippen LogP contribution in [-0.2, 0) is 13.0 Å². The molecule has 5 aromatic rings. The summed E-state index contributed by atoms with van der Waals surface area (Å²) in [6.45, 7) is 0.951. The lowest BCUT2D eigenvalue weighted by molar-refractivity contribution is 0.415. The first-order chi connectivity index (χ1) is 18.6. The van der Waals surface area contributed by atoms with E-state index in [1.54, 1.807) is 14.2 Å². The van der Waals surface area contributed by atoms with E-state index in [4.69, 9.17) is 33.3 Å². The van der Waals surface area contributed by atoms with E-state index in [1.807, 2.05) is 48.5 Å². The van der Waals surface area contributed by atoms with Crippen molar-refractivity contribution in [1.82, 2.24) is 8.97 Å². The van der Waals surface area contributed by atoms with Crippen LogP contribution in [0.25, 0.3) is 28.0 Å². The second-order valence-electron chi connectivity index (χ2n) is 9.44. The molecule has 0 aliphatic carbocycles. The summed E-state index contributed by atoms with van der Waals surface area (Å²) in [6, 6.07) is 24.2. The van der Waals surface area contributed by atoms with Gasteiger partial charge in [0, 0.05) is 34.6 Å². The van der Waals surface area contributed by atoms with Gasteiger partial charge in [-0.3, -0.25) is 4.40 Å². The highest BCUT2D eigenvalue weighted by molar-refractivity contribution is 7.81. The smallest absolute Gasteiger partial charge is 0.128 e. The molecule has 1 N–H and O–H groups in total. The molecule has 5 nitrogen and oxygen atoms in total. The number of rotatable bonds is 6. The highest BCUT2D eigenvalue weighted by Gasteiger charge is 2.28. The number of hydrogen-bond donors (Lipinski definition) is 1. The van der Waals surface area contributed by atoms with Gasteiger partial charge in [0.1, 0.15) is 22.1 Å². The number of benzene rings is 3. The zero-order valence-corrected chi connectivity index (χ0v) is 22.9. The number of aryl methyl sites for hydroxylation is 2. The van der Waals surface area contributed by atoms with Crippen LogP contribution in [0.5, 0.6) is 11.5 Å². The van der Waals surface area contributed by atoms with E-state index in [1.165, 1.54) is 22.5 Å². The SMILES string of the molecule is COc1ccc(NC(=S)c2c(-c3ccc(Cl)cc3)c3c4n(c(-c5ccc(OC)cc5)cn24)CCCC3)cc1. The van der Waals surface area contributed by atoms with Crippen molar-refractivity contribution in [1.29, 1.82) is 0 Å². The van der Waals surface area contributed by atoms with Gasteiger partial charge in [-0.2, -0.15) is 0 Å². The van der Waals surface area contributed by atoms with Gasteiger partial charge in [-0.15, -0.1) is 0 Å². The van der Waals surface area contributed by atoms with E-state index in [2.05, 4.69) is 44.7 Å². The summed E-state index contributed by atoms with van der Waals surface area (Å²) in [7, 11) is 3.36. The van der Waals surface area contributed by atoms with Crippen LogP contribution in [0.3, 0.4) is 0 Å². The van der Waals surface area contributed by atoms with Gasteiger partial charge in [0.15, 0.2) is 0 Å². The Hall–Kier alpha value is -3.74. The predicted molar refractivity (Wildman–Crippen MR) is 159 cm³/mol. The fraction of sp³-hybridized carbons (Fsp3) is 0.194. The highest BCUT2D eigenvalue weighted by Crippen LogP contribution is 2.40. The average molecular weight is 542 g/mol. The first-order valence-corrected chi connectivity index (χ1v) is 13.5. The molecule has 0 amide bonds.